The van der Waals surface area contributed by atoms with Crippen LogP contribution in [0.5, 0.6) is 0 Å². The van der Waals surface area contributed by atoms with Gasteiger partial charge in [-0.3, -0.25) is 0 Å². The van der Waals surface area contributed by atoms with Crippen LogP contribution >= 0.6 is 0 Å². The third kappa shape index (κ3) is 2.90. The maximum atomic E-state index is 11.1. The highest BCUT2D eigenvalue weighted by molar-refractivity contribution is 7.90. The van der Waals surface area contributed by atoms with Crippen molar-refractivity contribution in [1.82, 2.24) is 0 Å². The van der Waals surface area contributed by atoms with Crippen LogP contribution in [0.15, 0.2) is 29.2 Å². The van der Waals surface area contributed by atoms with Crippen LogP contribution in [0.2, 0.25) is 0 Å². The van der Waals surface area contributed by atoms with Gasteiger partial charge in [-0.1, -0.05) is 12.1 Å². The molecule has 3 heteroatoms. The predicted octanol–water partition coefficient (Wildman–Crippen LogP) is 1.66. The predicted molar refractivity (Wildman–Crippen MR) is 56.7 cm³/mol. The van der Waals surface area contributed by atoms with Gasteiger partial charge in [0.25, 0.3) is 0 Å². The third-order valence-electron chi connectivity index (χ3n) is 1.91. The van der Waals surface area contributed by atoms with E-state index in [4.69, 9.17) is 6.42 Å². The van der Waals surface area contributed by atoms with Crippen molar-refractivity contribution in [2.75, 3.05) is 6.26 Å². The molecule has 0 heterocycles. The first-order chi connectivity index (χ1) is 6.54. The molecule has 0 aliphatic heterocycles. The Morgan fingerprint density at radius 1 is 1.29 bits per heavy atom. The summed E-state index contributed by atoms with van der Waals surface area (Å²) in [5.41, 5.74) is 1.07. The van der Waals surface area contributed by atoms with E-state index in [2.05, 4.69) is 5.92 Å². The van der Waals surface area contributed by atoms with Gasteiger partial charge in [-0.2, -0.15) is 0 Å². The minimum absolute atomic E-state index is 0.349. The number of hydrogen-bond acceptors (Lipinski definition) is 2. The highest BCUT2D eigenvalue weighted by Crippen LogP contribution is 2.11. The Balaban J connectivity index is 2.86. The topological polar surface area (TPSA) is 34.1 Å². The zero-order valence-electron chi connectivity index (χ0n) is 8.03. The van der Waals surface area contributed by atoms with Crippen molar-refractivity contribution < 1.29 is 8.42 Å². The molecule has 0 N–H and O–H groups in total. The molecular weight excluding hydrogens is 196 g/mol. The number of rotatable bonds is 3. The van der Waals surface area contributed by atoms with E-state index >= 15 is 0 Å². The molecular formula is C11H12O2S. The maximum Gasteiger partial charge on any atom is 0.175 e. The summed E-state index contributed by atoms with van der Waals surface area (Å²) in [6.45, 7) is 0. The van der Waals surface area contributed by atoms with E-state index in [0.29, 0.717) is 11.3 Å². The molecule has 1 rings (SSSR count). The summed E-state index contributed by atoms with van der Waals surface area (Å²) in [4.78, 5) is 0.349. The lowest BCUT2D eigenvalue weighted by Gasteiger charge is -2.00. The second-order valence-corrected chi connectivity index (χ2v) is 5.14. The van der Waals surface area contributed by atoms with Gasteiger partial charge in [0.05, 0.1) is 4.90 Å². The third-order valence-corrected chi connectivity index (χ3v) is 3.04. The van der Waals surface area contributed by atoms with Crippen LogP contribution in [-0.2, 0) is 16.3 Å². The minimum Gasteiger partial charge on any atom is -0.224 e. The highest BCUT2D eigenvalue weighted by atomic mass is 32.2. The average Bonchev–Trinajstić information content (AvgIpc) is 2.14. The van der Waals surface area contributed by atoms with Crippen molar-refractivity contribution in [2.24, 2.45) is 0 Å². The summed E-state index contributed by atoms with van der Waals surface area (Å²) in [6, 6.07) is 6.82. The van der Waals surface area contributed by atoms with Crippen molar-refractivity contribution in [1.29, 1.82) is 0 Å². The first kappa shape index (κ1) is 10.8. The number of sulfone groups is 1. The molecule has 0 aliphatic carbocycles. The van der Waals surface area contributed by atoms with E-state index in [-0.39, 0.29) is 0 Å². The fourth-order valence-electron chi connectivity index (χ4n) is 1.12. The molecule has 0 atom stereocenters. The monoisotopic (exact) mass is 208 g/mol. The van der Waals surface area contributed by atoms with Gasteiger partial charge >= 0.3 is 0 Å². The molecule has 0 amide bonds. The van der Waals surface area contributed by atoms with Gasteiger partial charge in [-0.15, -0.1) is 12.3 Å². The normalized spacial score (nSPS) is 10.9. The lowest BCUT2D eigenvalue weighted by molar-refractivity contribution is 0.602. The summed E-state index contributed by atoms with van der Waals surface area (Å²) in [7, 11) is -3.08. The van der Waals surface area contributed by atoms with Gasteiger partial charge in [0.1, 0.15) is 0 Å². The number of terminal acetylenes is 1. The SMILES string of the molecule is C#CCCc1ccc(S(C)(=O)=O)cc1. The molecule has 0 aliphatic rings. The van der Waals surface area contributed by atoms with Gasteiger partial charge < -0.3 is 0 Å². The standard InChI is InChI=1S/C11H12O2S/c1-3-4-5-10-6-8-11(9-7-10)14(2,12)13/h1,6-9H,4-5H2,2H3. The van der Waals surface area contributed by atoms with Gasteiger partial charge in [-0.05, 0) is 24.1 Å². The van der Waals surface area contributed by atoms with Gasteiger partial charge in [0.15, 0.2) is 9.84 Å². The number of hydrogen-bond donors (Lipinski definition) is 0. The van der Waals surface area contributed by atoms with Crippen LogP contribution in [0.4, 0.5) is 0 Å². The fraction of sp³-hybridized carbons (Fsp3) is 0.273. The van der Waals surface area contributed by atoms with E-state index in [1.807, 2.05) is 0 Å². The van der Waals surface area contributed by atoms with Gasteiger partial charge in [-0.25, -0.2) is 8.42 Å². The van der Waals surface area contributed by atoms with E-state index in [1.165, 1.54) is 6.26 Å². The number of aryl methyl sites for hydroxylation is 1. The Hall–Kier alpha value is -1.27. The first-order valence-corrected chi connectivity index (χ1v) is 6.15. The molecule has 0 saturated heterocycles. The van der Waals surface area contributed by atoms with Crippen molar-refractivity contribution in [3.05, 3.63) is 29.8 Å². The molecule has 0 bridgehead atoms. The minimum atomic E-state index is -3.08. The largest absolute Gasteiger partial charge is 0.224 e. The molecule has 0 radical (unpaired) electrons. The molecule has 1 aromatic carbocycles. The van der Waals surface area contributed by atoms with Crippen LogP contribution in [-0.4, -0.2) is 14.7 Å². The van der Waals surface area contributed by atoms with Crippen molar-refractivity contribution in [3.63, 3.8) is 0 Å². The summed E-state index contributed by atoms with van der Waals surface area (Å²) < 4.78 is 22.3. The van der Waals surface area contributed by atoms with Crippen LogP contribution < -0.4 is 0 Å². The first-order valence-electron chi connectivity index (χ1n) is 4.26. The molecule has 0 unspecified atom stereocenters. The van der Waals surface area contributed by atoms with Crippen LogP contribution in [0.1, 0.15) is 12.0 Å². The lowest BCUT2D eigenvalue weighted by Crippen LogP contribution is -1.96. The molecule has 0 spiro atoms. The van der Waals surface area contributed by atoms with Crippen molar-refractivity contribution >= 4 is 9.84 Å². The number of benzene rings is 1. The average molecular weight is 208 g/mol. The van der Waals surface area contributed by atoms with E-state index in [1.54, 1.807) is 24.3 Å². The zero-order chi connectivity index (χ0) is 10.6. The molecule has 2 nitrogen and oxygen atoms in total. The van der Waals surface area contributed by atoms with E-state index in [9.17, 15) is 8.42 Å². The summed E-state index contributed by atoms with van der Waals surface area (Å²) in [5.74, 6) is 2.54. The smallest absolute Gasteiger partial charge is 0.175 e. The summed E-state index contributed by atoms with van der Waals surface area (Å²) >= 11 is 0. The molecule has 1 aromatic rings. The second-order valence-electron chi connectivity index (χ2n) is 3.12. The van der Waals surface area contributed by atoms with Crippen LogP contribution in [0, 0.1) is 12.3 Å². The Kier molecular flexibility index (Phi) is 3.32. The zero-order valence-corrected chi connectivity index (χ0v) is 8.84. The second kappa shape index (κ2) is 4.30. The van der Waals surface area contributed by atoms with Crippen molar-refractivity contribution in [3.8, 4) is 12.3 Å². The molecule has 0 saturated carbocycles. The Bertz CT molecular complexity index is 435. The highest BCUT2D eigenvalue weighted by Gasteiger charge is 2.05. The van der Waals surface area contributed by atoms with Crippen LogP contribution in [0.25, 0.3) is 0 Å². The molecule has 0 aromatic heterocycles. The summed E-state index contributed by atoms with van der Waals surface area (Å²) in [5, 5.41) is 0. The molecule has 0 fully saturated rings. The summed E-state index contributed by atoms with van der Waals surface area (Å²) in [6.07, 6.45) is 7.80. The lowest BCUT2D eigenvalue weighted by atomic mass is 10.1. The maximum absolute atomic E-state index is 11.1. The van der Waals surface area contributed by atoms with E-state index in [0.717, 1.165) is 12.0 Å². The van der Waals surface area contributed by atoms with Crippen LogP contribution in [0.3, 0.4) is 0 Å². The fourth-order valence-corrected chi connectivity index (χ4v) is 1.75. The van der Waals surface area contributed by atoms with Gasteiger partial charge in [0, 0.05) is 12.7 Å². The Morgan fingerprint density at radius 2 is 1.86 bits per heavy atom. The van der Waals surface area contributed by atoms with E-state index < -0.39 is 9.84 Å². The van der Waals surface area contributed by atoms with Gasteiger partial charge in [0.2, 0.25) is 0 Å². The van der Waals surface area contributed by atoms with Crippen molar-refractivity contribution in [2.45, 2.75) is 17.7 Å². The Morgan fingerprint density at radius 3 is 2.29 bits per heavy atom. The molecule has 14 heavy (non-hydrogen) atoms. The molecule has 74 valence electrons. The Labute approximate surface area is 84.9 Å². The quantitative estimate of drug-likeness (QED) is 0.708.